The summed E-state index contributed by atoms with van der Waals surface area (Å²) in [6.07, 6.45) is 3.68. The Morgan fingerprint density at radius 2 is 2.16 bits per heavy atom. The third kappa shape index (κ3) is 4.36. The van der Waals surface area contributed by atoms with Crippen molar-refractivity contribution in [3.05, 3.63) is 53.3 Å². The van der Waals surface area contributed by atoms with Gasteiger partial charge in [-0.15, -0.1) is 11.3 Å². The number of hydrogen-bond acceptors (Lipinski definition) is 6. The van der Waals surface area contributed by atoms with Gasteiger partial charge in [0.1, 0.15) is 5.75 Å². The first-order chi connectivity index (χ1) is 12.2. The number of fused-ring (bicyclic) bond motifs is 1. The van der Waals surface area contributed by atoms with E-state index in [4.69, 9.17) is 9.47 Å². The first-order valence-corrected chi connectivity index (χ1v) is 8.49. The highest BCUT2D eigenvalue weighted by atomic mass is 32.1. The molecule has 0 aliphatic carbocycles. The maximum atomic E-state index is 11.8. The smallest absolute Gasteiger partial charge is 0.312 e. The van der Waals surface area contributed by atoms with E-state index in [2.05, 4.69) is 10.3 Å². The molecule has 1 N–H and O–H groups in total. The van der Waals surface area contributed by atoms with Crippen LogP contribution >= 0.6 is 11.3 Å². The van der Waals surface area contributed by atoms with Crippen LogP contribution in [-0.2, 0) is 27.3 Å². The van der Waals surface area contributed by atoms with E-state index >= 15 is 0 Å². The van der Waals surface area contributed by atoms with Crippen molar-refractivity contribution in [1.82, 2.24) is 14.7 Å². The Kier molecular flexibility index (Phi) is 5.30. The van der Waals surface area contributed by atoms with Gasteiger partial charge in [-0.2, -0.15) is 0 Å². The summed E-state index contributed by atoms with van der Waals surface area (Å²) in [6.45, 7) is -0.0199. The SMILES string of the molecule is COc1ccccc1CNC(=O)COC(=O)Cc1cn2ccsc2n1. The second-order valence-electron chi connectivity index (χ2n) is 5.25. The molecule has 3 rings (SSSR count). The lowest BCUT2D eigenvalue weighted by atomic mass is 10.2. The quantitative estimate of drug-likeness (QED) is 0.651. The van der Waals surface area contributed by atoms with Crippen LogP contribution in [-0.4, -0.2) is 35.0 Å². The molecule has 0 radical (unpaired) electrons. The molecule has 2 aromatic heterocycles. The van der Waals surface area contributed by atoms with E-state index in [9.17, 15) is 9.59 Å². The lowest BCUT2D eigenvalue weighted by molar-refractivity contribution is -0.147. The summed E-state index contributed by atoms with van der Waals surface area (Å²) >= 11 is 1.49. The van der Waals surface area contributed by atoms with Crippen molar-refractivity contribution in [2.24, 2.45) is 0 Å². The lowest BCUT2D eigenvalue weighted by Gasteiger charge is -2.09. The van der Waals surface area contributed by atoms with Crippen LogP contribution in [0.25, 0.3) is 4.96 Å². The van der Waals surface area contributed by atoms with Gasteiger partial charge in [0, 0.05) is 29.9 Å². The van der Waals surface area contributed by atoms with E-state index in [-0.39, 0.29) is 18.9 Å². The Morgan fingerprint density at radius 1 is 1.32 bits per heavy atom. The summed E-state index contributed by atoms with van der Waals surface area (Å²) in [7, 11) is 1.57. The van der Waals surface area contributed by atoms with Crippen molar-refractivity contribution >= 4 is 28.2 Å². The number of ether oxygens (including phenoxy) is 2. The number of rotatable bonds is 7. The van der Waals surface area contributed by atoms with Crippen molar-refractivity contribution in [1.29, 1.82) is 0 Å². The molecule has 7 nitrogen and oxygen atoms in total. The lowest BCUT2D eigenvalue weighted by Crippen LogP contribution is -2.28. The van der Waals surface area contributed by atoms with Gasteiger partial charge in [0.2, 0.25) is 0 Å². The molecule has 0 aliphatic rings. The van der Waals surface area contributed by atoms with Crippen LogP contribution in [0.5, 0.6) is 5.75 Å². The van der Waals surface area contributed by atoms with Gasteiger partial charge in [-0.25, -0.2) is 4.98 Å². The summed E-state index contributed by atoms with van der Waals surface area (Å²) in [5, 5.41) is 4.61. The fraction of sp³-hybridized carbons (Fsp3) is 0.235. The number of thiazole rings is 1. The summed E-state index contributed by atoms with van der Waals surface area (Å²) in [4.78, 5) is 28.8. The Bertz CT molecular complexity index is 858. The van der Waals surface area contributed by atoms with Crippen molar-refractivity contribution in [3.8, 4) is 5.75 Å². The number of amides is 1. The molecule has 0 bridgehead atoms. The van der Waals surface area contributed by atoms with Gasteiger partial charge in [0.05, 0.1) is 19.2 Å². The number of aromatic nitrogens is 2. The zero-order valence-corrected chi connectivity index (χ0v) is 14.4. The van der Waals surface area contributed by atoms with Gasteiger partial charge in [0.25, 0.3) is 5.91 Å². The van der Waals surface area contributed by atoms with Gasteiger partial charge >= 0.3 is 5.97 Å². The Balaban J connectivity index is 1.43. The minimum absolute atomic E-state index is 0.0359. The highest BCUT2D eigenvalue weighted by molar-refractivity contribution is 7.15. The maximum Gasteiger partial charge on any atom is 0.312 e. The zero-order valence-electron chi connectivity index (χ0n) is 13.6. The molecule has 0 atom stereocenters. The monoisotopic (exact) mass is 359 g/mol. The van der Waals surface area contributed by atoms with Crippen LogP contribution in [0.1, 0.15) is 11.3 Å². The van der Waals surface area contributed by atoms with Crippen LogP contribution in [0, 0.1) is 0 Å². The van der Waals surface area contributed by atoms with E-state index < -0.39 is 5.97 Å². The van der Waals surface area contributed by atoms with Gasteiger partial charge in [-0.05, 0) is 6.07 Å². The fourth-order valence-electron chi connectivity index (χ4n) is 2.30. The molecule has 25 heavy (non-hydrogen) atoms. The first kappa shape index (κ1) is 17.0. The number of carbonyl (C=O) groups is 2. The maximum absolute atomic E-state index is 11.8. The summed E-state index contributed by atoms with van der Waals surface area (Å²) in [6, 6.07) is 7.39. The number of nitrogens with zero attached hydrogens (tertiary/aromatic N) is 2. The van der Waals surface area contributed by atoms with Crippen molar-refractivity contribution in [3.63, 3.8) is 0 Å². The molecule has 0 saturated carbocycles. The molecular weight excluding hydrogens is 342 g/mol. The predicted octanol–water partition coefficient (Wildman–Crippen LogP) is 1.81. The highest BCUT2D eigenvalue weighted by Crippen LogP contribution is 2.16. The number of methoxy groups -OCH3 is 1. The standard InChI is InChI=1S/C17H17N3O4S/c1-23-14-5-3-2-4-12(14)9-18-15(21)11-24-16(22)8-13-10-20-6-7-25-17(20)19-13/h2-7,10H,8-9,11H2,1H3,(H,18,21). The largest absolute Gasteiger partial charge is 0.496 e. The first-order valence-electron chi connectivity index (χ1n) is 7.61. The molecule has 0 aliphatic heterocycles. The molecule has 3 aromatic rings. The number of nitrogens with one attached hydrogen (secondary N) is 1. The summed E-state index contributed by atoms with van der Waals surface area (Å²) in [5.74, 6) is -0.164. The van der Waals surface area contributed by atoms with Gasteiger partial charge in [-0.3, -0.25) is 14.0 Å². The van der Waals surface area contributed by atoms with Crippen LogP contribution in [0.2, 0.25) is 0 Å². The normalized spacial score (nSPS) is 10.6. The van der Waals surface area contributed by atoms with Gasteiger partial charge < -0.3 is 14.8 Å². The number of hydrogen-bond donors (Lipinski definition) is 1. The third-order valence-corrected chi connectivity index (χ3v) is 4.27. The molecule has 8 heteroatoms. The fourth-order valence-corrected chi connectivity index (χ4v) is 3.02. The minimum atomic E-state index is -0.488. The second-order valence-corrected chi connectivity index (χ2v) is 6.12. The summed E-state index contributed by atoms with van der Waals surface area (Å²) in [5.41, 5.74) is 1.47. The van der Waals surface area contributed by atoms with Crippen molar-refractivity contribution < 1.29 is 19.1 Å². The number of benzene rings is 1. The number of imidazole rings is 1. The Labute approximate surface area is 148 Å². The average molecular weight is 359 g/mol. The van der Waals surface area contributed by atoms with E-state index in [0.29, 0.717) is 18.0 Å². The van der Waals surface area contributed by atoms with E-state index in [0.717, 1.165) is 10.5 Å². The molecule has 1 aromatic carbocycles. The van der Waals surface area contributed by atoms with Gasteiger partial charge in [0.15, 0.2) is 11.6 Å². The van der Waals surface area contributed by atoms with Gasteiger partial charge in [-0.1, -0.05) is 18.2 Å². The molecule has 130 valence electrons. The van der Waals surface area contributed by atoms with E-state index in [1.54, 1.807) is 13.3 Å². The molecular formula is C17H17N3O4S. The number of carbonyl (C=O) groups excluding carboxylic acids is 2. The van der Waals surface area contributed by atoms with Crippen LogP contribution in [0.15, 0.2) is 42.0 Å². The zero-order chi connectivity index (χ0) is 17.6. The molecule has 2 heterocycles. The third-order valence-electron chi connectivity index (χ3n) is 3.50. The predicted molar refractivity (Wildman–Crippen MR) is 92.6 cm³/mol. The van der Waals surface area contributed by atoms with Crippen LogP contribution in [0.4, 0.5) is 0 Å². The number of esters is 1. The summed E-state index contributed by atoms with van der Waals surface area (Å²) < 4.78 is 12.1. The van der Waals surface area contributed by atoms with E-state index in [1.165, 1.54) is 11.3 Å². The molecule has 0 spiro atoms. The minimum Gasteiger partial charge on any atom is -0.496 e. The van der Waals surface area contributed by atoms with E-state index in [1.807, 2.05) is 40.2 Å². The van der Waals surface area contributed by atoms with Crippen molar-refractivity contribution in [2.45, 2.75) is 13.0 Å². The Morgan fingerprint density at radius 3 is 2.96 bits per heavy atom. The second kappa shape index (κ2) is 7.80. The topological polar surface area (TPSA) is 81.9 Å². The molecule has 0 fully saturated rings. The number of para-hydroxylation sites is 1. The average Bonchev–Trinajstić information content (AvgIpc) is 3.19. The van der Waals surface area contributed by atoms with Crippen molar-refractivity contribution in [2.75, 3.05) is 13.7 Å². The highest BCUT2D eigenvalue weighted by Gasteiger charge is 2.12. The van der Waals surface area contributed by atoms with Crippen LogP contribution in [0.3, 0.4) is 0 Å². The van der Waals surface area contributed by atoms with Crippen LogP contribution < -0.4 is 10.1 Å². The molecule has 1 amide bonds. The molecule has 0 saturated heterocycles. The molecule has 0 unspecified atom stereocenters. The Hall–Kier alpha value is -2.87.